The van der Waals surface area contributed by atoms with Crippen LogP contribution in [0.25, 0.3) is 0 Å². The third-order valence-corrected chi connectivity index (χ3v) is 4.07. The molecule has 1 N–H and O–H groups in total. The van der Waals surface area contributed by atoms with Gasteiger partial charge in [0, 0.05) is 6.54 Å². The molecule has 1 rings (SSSR count). The zero-order valence-electron chi connectivity index (χ0n) is 12.3. The van der Waals surface area contributed by atoms with Crippen LogP contribution in [0.3, 0.4) is 0 Å². The molecule has 0 amide bonds. The molecule has 0 bridgehead atoms. The summed E-state index contributed by atoms with van der Waals surface area (Å²) < 4.78 is 3.29. The highest BCUT2D eigenvalue weighted by Crippen LogP contribution is 2.23. The van der Waals surface area contributed by atoms with Crippen molar-refractivity contribution in [1.82, 2.24) is 15.1 Å². The summed E-state index contributed by atoms with van der Waals surface area (Å²) in [5, 5.41) is 8.06. The van der Waals surface area contributed by atoms with E-state index in [1.54, 1.807) is 0 Å². The summed E-state index contributed by atoms with van der Waals surface area (Å²) in [7, 11) is 0. The van der Waals surface area contributed by atoms with Gasteiger partial charge in [-0.1, -0.05) is 20.8 Å². The highest BCUT2D eigenvalue weighted by atomic mass is 79.9. The second-order valence-corrected chi connectivity index (χ2v) is 6.32. The third-order valence-electron chi connectivity index (χ3n) is 3.04. The van der Waals surface area contributed by atoms with Gasteiger partial charge in [0.05, 0.1) is 15.9 Å². The quantitative estimate of drug-likeness (QED) is 0.835. The smallest absolute Gasteiger partial charge is 0.0738 e. The largest absolute Gasteiger partial charge is 0.316 e. The number of aromatic nitrogens is 2. The number of nitrogens with zero attached hydrogens (tertiary/aromatic N) is 2. The van der Waals surface area contributed by atoms with E-state index < -0.39 is 0 Å². The number of halogens is 1. The summed E-state index contributed by atoms with van der Waals surface area (Å²) in [5.74, 6) is 1.34. The molecular formula is C14H26BrN3. The lowest BCUT2D eigenvalue weighted by Gasteiger charge is -2.15. The standard InChI is InChI=1S/C14H26BrN3/c1-6-18-13(14(15)12(5)17-18)7-11(4)9-16-8-10(2)3/h10-11,16H,6-9H2,1-5H3. The van der Waals surface area contributed by atoms with Gasteiger partial charge in [-0.15, -0.1) is 0 Å². The molecule has 1 unspecified atom stereocenters. The second kappa shape index (κ2) is 7.29. The maximum atomic E-state index is 4.54. The summed E-state index contributed by atoms with van der Waals surface area (Å²) in [5.41, 5.74) is 2.42. The van der Waals surface area contributed by atoms with E-state index in [9.17, 15) is 0 Å². The Balaban J connectivity index is 2.55. The molecule has 0 saturated heterocycles. The van der Waals surface area contributed by atoms with Gasteiger partial charge in [0.15, 0.2) is 0 Å². The van der Waals surface area contributed by atoms with Crippen molar-refractivity contribution in [3.05, 3.63) is 15.9 Å². The van der Waals surface area contributed by atoms with Crippen LogP contribution >= 0.6 is 15.9 Å². The Morgan fingerprint density at radius 1 is 1.28 bits per heavy atom. The van der Waals surface area contributed by atoms with Crippen LogP contribution in [0.15, 0.2) is 4.47 Å². The molecule has 4 heteroatoms. The minimum Gasteiger partial charge on any atom is -0.316 e. The van der Waals surface area contributed by atoms with E-state index in [0.29, 0.717) is 11.8 Å². The molecule has 1 aromatic heterocycles. The van der Waals surface area contributed by atoms with E-state index in [1.165, 1.54) is 10.2 Å². The number of nitrogens with one attached hydrogen (secondary N) is 1. The first-order valence-electron chi connectivity index (χ1n) is 6.88. The van der Waals surface area contributed by atoms with Crippen molar-refractivity contribution in [2.45, 2.75) is 47.6 Å². The lowest BCUT2D eigenvalue weighted by atomic mass is 10.0. The molecule has 0 aliphatic carbocycles. The maximum Gasteiger partial charge on any atom is 0.0738 e. The molecule has 18 heavy (non-hydrogen) atoms. The van der Waals surface area contributed by atoms with E-state index in [0.717, 1.165) is 31.7 Å². The molecule has 1 heterocycles. The van der Waals surface area contributed by atoms with Crippen LogP contribution in [0, 0.1) is 18.8 Å². The molecule has 104 valence electrons. The Hall–Kier alpha value is -0.350. The SMILES string of the molecule is CCn1nc(C)c(Br)c1CC(C)CNCC(C)C. The molecule has 0 radical (unpaired) electrons. The second-order valence-electron chi connectivity index (χ2n) is 5.52. The Kier molecular flexibility index (Phi) is 6.36. The van der Waals surface area contributed by atoms with E-state index in [1.807, 2.05) is 0 Å². The van der Waals surface area contributed by atoms with Gasteiger partial charge < -0.3 is 5.32 Å². The maximum absolute atomic E-state index is 4.54. The summed E-state index contributed by atoms with van der Waals surface area (Å²) in [4.78, 5) is 0. The van der Waals surface area contributed by atoms with Gasteiger partial charge in [-0.3, -0.25) is 4.68 Å². The Morgan fingerprint density at radius 3 is 2.50 bits per heavy atom. The van der Waals surface area contributed by atoms with Gasteiger partial charge in [-0.2, -0.15) is 5.10 Å². The number of hydrogen-bond donors (Lipinski definition) is 1. The van der Waals surface area contributed by atoms with E-state index >= 15 is 0 Å². The molecule has 0 aliphatic heterocycles. The van der Waals surface area contributed by atoms with Crippen molar-refractivity contribution in [2.75, 3.05) is 13.1 Å². The average Bonchev–Trinajstić information content (AvgIpc) is 2.56. The van der Waals surface area contributed by atoms with Crippen LogP contribution in [0.2, 0.25) is 0 Å². The van der Waals surface area contributed by atoms with Crippen LogP contribution < -0.4 is 5.32 Å². The predicted octanol–water partition coefficient (Wildman–Crippen LogP) is 3.40. The lowest BCUT2D eigenvalue weighted by Crippen LogP contribution is -2.26. The van der Waals surface area contributed by atoms with Crippen molar-refractivity contribution < 1.29 is 0 Å². The van der Waals surface area contributed by atoms with Crippen LogP contribution in [-0.2, 0) is 13.0 Å². The molecule has 1 atom stereocenters. The molecule has 3 nitrogen and oxygen atoms in total. The van der Waals surface area contributed by atoms with Crippen LogP contribution in [0.4, 0.5) is 0 Å². The number of rotatable bonds is 7. The minimum absolute atomic E-state index is 0.626. The minimum atomic E-state index is 0.626. The van der Waals surface area contributed by atoms with Gasteiger partial charge in [-0.05, 0) is 61.1 Å². The zero-order chi connectivity index (χ0) is 13.7. The van der Waals surface area contributed by atoms with Crippen molar-refractivity contribution in [3.8, 4) is 0 Å². The summed E-state index contributed by atoms with van der Waals surface area (Å²) in [6, 6.07) is 0. The van der Waals surface area contributed by atoms with Crippen LogP contribution in [-0.4, -0.2) is 22.9 Å². The monoisotopic (exact) mass is 315 g/mol. The first-order valence-corrected chi connectivity index (χ1v) is 7.67. The van der Waals surface area contributed by atoms with Gasteiger partial charge in [-0.25, -0.2) is 0 Å². The average molecular weight is 316 g/mol. The van der Waals surface area contributed by atoms with Crippen LogP contribution in [0.5, 0.6) is 0 Å². The normalized spacial score (nSPS) is 13.3. The summed E-state index contributed by atoms with van der Waals surface area (Å²) in [6.07, 6.45) is 1.07. The highest BCUT2D eigenvalue weighted by molar-refractivity contribution is 9.10. The molecule has 0 saturated carbocycles. The summed E-state index contributed by atoms with van der Waals surface area (Å²) >= 11 is 3.66. The molecule has 0 aromatic carbocycles. The fraction of sp³-hybridized carbons (Fsp3) is 0.786. The van der Waals surface area contributed by atoms with E-state index in [-0.39, 0.29) is 0 Å². The van der Waals surface area contributed by atoms with Gasteiger partial charge in [0.1, 0.15) is 0 Å². The highest BCUT2D eigenvalue weighted by Gasteiger charge is 2.14. The van der Waals surface area contributed by atoms with E-state index in [2.05, 4.69) is 65.6 Å². The first kappa shape index (κ1) is 15.7. The molecule has 0 fully saturated rings. The fourth-order valence-electron chi connectivity index (χ4n) is 2.08. The van der Waals surface area contributed by atoms with Crippen molar-refractivity contribution in [3.63, 3.8) is 0 Å². The molecule has 1 aromatic rings. The third kappa shape index (κ3) is 4.39. The van der Waals surface area contributed by atoms with Gasteiger partial charge >= 0.3 is 0 Å². The first-order chi connectivity index (χ1) is 8.45. The van der Waals surface area contributed by atoms with Crippen LogP contribution in [0.1, 0.15) is 39.1 Å². The topological polar surface area (TPSA) is 29.9 Å². The lowest BCUT2D eigenvalue weighted by molar-refractivity contribution is 0.460. The molecular weight excluding hydrogens is 290 g/mol. The Bertz CT molecular complexity index is 371. The Morgan fingerprint density at radius 2 is 1.94 bits per heavy atom. The van der Waals surface area contributed by atoms with E-state index in [4.69, 9.17) is 0 Å². The number of hydrogen-bond acceptors (Lipinski definition) is 2. The zero-order valence-corrected chi connectivity index (χ0v) is 13.8. The number of aryl methyl sites for hydroxylation is 2. The molecule has 0 spiro atoms. The van der Waals surface area contributed by atoms with Gasteiger partial charge in [0.25, 0.3) is 0 Å². The molecule has 0 aliphatic rings. The summed E-state index contributed by atoms with van der Waals surface area (Å²) in [6.45, 7) is 14.1. The predicted molar refractivity (Wildman–Crippen MR) is 80.9 cm³/mol. The fourth-order valence-corrected chi connectivity index (χ4v) is 2.53. The van der Waals surface area contributed by atoms with Crippen molar-refractivity contribution >= 4 is 15.9 Å². The Labute approximate surface area is 119 Å². The van der Waals surface area contributed by atoms with Crippen molar-refractivity contribution in [2.24, 2.45) is 11.8 Å². The van der Waals surface area contributed by atoms with Crippen molar-refractivity contribution in [1.29, 1.82) is 0 Å². The van der Waals surface area contributed by atoms with Gasteiger partial charge in [0.2, 0.25) is 0 Å².